The summed E-state index contributed by atoms with van der Waals surface area (Å²) in [6, 6.07) is 5.53. The SMILES string of the molecule is C=CCn1c(SC(C)C(=O)OCC)nc2ccc(I)cc2c1=O. The number of fused-ring (bicyclic) bond motifs is 1. The van der Waals surface area contributed by atoms with Gasteiger partial charge in [-0.1, -0.05) is 17.8 Å². The third kappa shape index (κ3) is 4.14. The third-order valence-electron chi connectivity index (χ3n) is 3.09. The molecule has 1 unspecified atom stereocenters. The fourth-order valence-electron chi connectivity index (χ4n) is 2.02. The summed E-state index contributed by atoms with van der Waals surface area (Å²) in [5.74, 6) is -0.320. The van der Waals surface area contributed by atoms with E-state index in [1.807, 2.05) is 18.2 Å². The number of nitrogens with zero attached hydrogens (tertiary/aromatic N) is 2. The highest BCUT2D eigenvalue weighted by atomic mass is 127. The van der Waals surface area contributed by atoms with Crippen molar-refractivity contribution >= 4 is 51.2 Å². The smallest absolute Gasteiger partial charge is 0.319 e. The molecule has 7 heteroatoms. The first-order chi connectivity index (χ1) is 11.0. The normalized spacial score (nSPS) is 12.1. The second-order valence-electron chi connectivity index (χ2n) is 4.77. The molecule has 0 spiro atoms. The maximum Gasteiger partial charge on any atom is 0.319 e. The highest BCUT2D eigenvalue weighted by molar-refractivity contribution is 14.1. The van der Waals surface area contributed by atoms with Crippen molar-refractivity contribution in [2.45, 2.75) is 30.8 Å². The van der Waals surface area contributed by atoms with Crippen LogP contribution in [-0.2, 0) is 16.1 Å². The Morgan fingerprint density at radius 2 is 2.30 bits per heavy atom. The molecule has 2 aromatic rings. The van der Waals surface area contributed by atoms with Crippen LogP contribution in [0.25, 0.3) is 10.9 Å². The van der Waals surface area contributed by atoms with Gasteiger partial charge in [-0.15, -0.1) is 6.58 Å². The van der Waals surface area contributed by atoms with Crippen molar-refractivity contribution in [2.24, 2.45) is 0 Å². The van der Waals surface area contributed by atoms with Crippen LogP contribution in [-0.4, -0.2) is 27.4 Å². The van der Waals surface area contributed by atoms with Gasteiger partial charge in [-0.25, -0.2) is 4.98 Å². The molecule has 0 aliphatic rings. The quantitative estimate of drug-likeness (QED) is 0.225. The summed E-state index contributed by atoms with van der Waals surface area (Å²) < 4.78 is 7.52. The van der Waals surface area contributed by atoms with Crippen molar-refractivity contribution in [3.05, 3.63) is 44.8 Å². The molecule has 122 valence electrons. The topological polar surface area (TPSA) is 61.2 Å². The van der Waals surface area contributed by atoms with E-state index in [1.54, 1.807) is 19.9 Å². The van der Waals surface area contributed by atoms with Crippen LogP contribution in [0.1, 0.15) is 13.8 Å². The maximum atomic E-state index is 12.7. The van der Waals surface area contributed by atoms with Gasteiger partial charge in [-0.05, 0) is 54.6 Å². The molecule has 0 radical (unpaired) electrons. The van der Waals surface area contributed by atoms with Gasteiger partial charge in [0.05, 0.1) is 17.5 Å². The number of ether oxygens (including phenoxy) is 1. The summed E-state index contributed by atoms with van der Waals surface area (Å²) in [7, 11) is 0. The molecule has 2 rings (SSSR count). The number of carbonyl (C=O) groups is 1. The monoisotopic (exact) mass is 444 g/mol. The maximum absolute atomic E-state index is 12.7. The Hall–Kier alpha value is -1.35. The predicted molar refractivity (Wildman–Crippen MR) is 101 cm³/mol. The second kappa shape index (κ2) is 7.96. The number of carbonyl (C=O) groups excluding carboxylic acids is 1. The van der Waals surface area contributed by atoms with Gasteiger partial charge in [0.2, 0.25) is 0 Å². The van der Waals surface area contributed by atoms with Crippen molar-refractivity contribution in [1.29, 1.82) is 0 Å². The molecule has 1 atom stereocenters. The van der Waals surface area contributed by atoms with Crippen molar-refractivity contribution in [1.82, 2.24) is 9.55 Å². The van der Waals surface area contributed by atoms with Crippen LogP contribution < -0.4 is 5.56 Å². The van der Waals surface area contributed by atoms with Crippen LogP contribution >= 0.6 is 34.4 Å². The van der Waals surface area contributed by atoms with Crippen LogP contribution in [0.5, 0.6) is 0 Å². The van der Waals surface area contributed by atoms with E-state index in [0.717, 1.165) is 3.57 Å². The lowest BCUT2D eigenvalue weighted by Crippen LogP contribution is -2.25. The number of rotatable bonds is 6. The van der Waals surface area contributed by atoms with E-state index in [0.29, 0.717) is 29.2 Å². The molecule has 1 aromatic heterocycles. The first-order valence-corrected chi connectivity index (χ1v) is 9.08. The van der Waals surface area contributed by atoms with E-state index < -0.39 is 5.25 Å². The van der Waals surface area contributed by atoms with Crippen molar-refractivity contribution < 1.29 is 9.53 Å². The standard InChI is InChI=1S/C16H17IN2O3S/c1-4-8-19-14(20)12-9-11(17)6-7-13(12)18-16(19)23-10(3)15(21)22-5-2/h4,6-7,9-10H,1,5,8H2,2-3H3. The minimum absolute atomic E-state index is 0.132. The Bertz CT molecular complexity index is 804. The fraction of sp³-hybridized carbons (Fsp3) is 0.312. The molecular formula is C16H17IN2O3S. The zero-order valence-electron chi connectivity index (χ0n) is 12.9. The number of allylic oxidation sites excluding steroid dienone is 1. The van der Waals surface area contributed by atoms with Gasteiger partial charge in [0.15, 0.2) is 5.16 Å². The van der Waals surface area contributed by atoms with E-state index in [4.69, 9.17) is 4.74 Å². The number of hydrogen-bond donors (Lipinski definition) is 0. The Labute approximate surface area is 152 Å². The van der Waals surface area contributed by atoms with Crippen molar-refractivity contribution in [3.63, 3.8) is 0 Å². The Balaban J connectivity index is 2.51. The Morgan fingerprint density at radius 1 is 1.57 bits per heavy atom. The minimum atomic E-state index is -0.445. The molecule has 0 fully saturated rings. The lowest BCUT2D eigenvalue weighted by atomic mass is 10.2. The summed E-state index contributed by atoms with van der Waals surface area (Å²) >= 11 is 3.38. The first kappa shape index (κ1) is 18.0. The van der Waals surface area contributed by atoms with E-state index in [1.165, 1.54) is 16.3 Å². The van der Waals surface area contributed by atoms with E-state index in [-0.39, 0.29) is 11.5 Å². The fourth-order valence-corrected chi connectivity index (χ4v) is 3.43. The summed E-state index contributed by atoms with van der Waals surface area (Å²) in [5.41, 5.74) is 0.487. The number of halogens is 1. The van der Waals surface area contributed by atoms with Gasteiger partial charge in [0, 0.05) is 10.1 Å². The highest BCUT2D eigenvalue weighted by Gasteiger charge is 2.20. The largest absolute Gasteiger partial charge is 0.465 e. The summed E-state index contributed by atoms with van der Waals surface area (Å²) in [6.07, 6.45) is 1.64. The molecule has 1 heterocycles. The van der Waals surface area contributed by atoms with Gasteiger partial charge in [0.25, 0.3) is 5.56 Å². The number of benzene rings is 1. The lowest BCUT2D eigenvalue weighted by molar-refractivity contribution is -0.142. The summed E-state index contributed by atoms with van der Waals surface area (Å²) in [5, 5.41) is 0.607. The molecule has 0 bridgehead atoms. The van der Waals surface area contributed by atoms with E-state index >= 15 is 0 Å². The zero-order valence-corrected chi connectivity index (χ0v) is 15.9. The lowest BCUT2D eigenvalue weighted by Gasteiger charge is -2.14. The van der Waals surface area contributed by atoms with Gasteiger partial charge in [-0.3, -0.25) is 14.2 Å². The van der Waals surface area contributed by atoms with Crippen LogP contribution in [0.4, 0.5) is 0 Å². The minimum Gasteiger partial charge on any atom is -0.465 e. The Morgan fingerprint density at radius 3 is 2.96 bits per heavy atom. The van der Waals surface area contributed by atoms with Crippen LogP contribution in [0.3, 0.4) is 0 Å². The number of thioether (sulfide) groups is 1. The number of aromatic nitrogens is 2. The number of hydrogen-bond acceptors (Lipinski definition) is 5. The highest BCUT2D eigenvalue weighted by Crippen LogP contribution is 2.24. The molecule has 0 amide bonds. The molecule has 23 heavy (non-hydrogen) atoms. The molecule has 1 aromatic carbocycles. The molecule has 0 saturated carbocycles. The molecule has 0 saturated heterocycles. The zero-order chi connectivity index (χ0) is 17.0. The van der Waals surface area contributed by atoms with Crippen LogP contribution in [0.15, 0.2) is 40.8 Å². The van der Waals surface area contributed by atoms with Crippen molar-refractivity contribution in [3.8, 4) is 0 Å². The predicted octanol–water partition coefficient (Wildman–Crippen LogP) is 3.23. The molecule has 0 aliphatic carbocycles. The van der Waals surface area contributed by atoms with E-state index in [9.17, 15) is 9.59 Å². The van der Waals surface area contributed by atoms with Gasteiger partial charge in [-0.2, -0.15) is 0 Å². The van der Waals surface area contributed by atoms with Crippen LogP contribution in [0, 0.1) is 3.57 Å². The first-order valence-electron chi connectivity index (χ1n) is 7.12. The average Bonchev–Trinajstić information content (AvgIpc) is 2.52. The summed E-state index contributed by atoms with van der Waals surface area (Å²) in [6.45, 7) is 7.86. The van der Waals surface area contributed by atoms with Crippen molar-refractivity contribution in [2.75, 3.05) is 6.61 Å². The second-order valence-corrected chi connectivity index (χ2v) is 7.33. The van der Waals surface area contributed by atoms with E-state index in [2.05, 4.69) is 34.2 Å². The number of esters is 1. The van der Waals surface area contributed by atoms with Gasteiger partial charge in [0.1, 0.15) is 5.25 Å². The molecular weight excluding hydrogens is 427 g/mol. The molecule has 0 aliphatic heterocycles. The third-order valence-corrected chi connectivity index (χ3v) is 4.83. The van der Waals surface area contributed by atoms with Gasteiger partial charge < -0.3 is 4.74 Å². The molecule has 5 nitrogen and oxygen atoms in total. The van der Waals surface area contributed by atoms with Gasteiger partial charge >= 0.3 is 5.97 Å². The summed E-state index contributed by atoms with van der Waals surface area (Å²) in [4.78, 5) is 29.1. The Kier molecular flexibility index (Phi) is 6.23. The average molecular weight is 444 g/mol. The molecule has 0 N–H and O–H groups in total. The van der Waals surface area contributed by atoms with Crippen LogP contribution in [0.2, 0.25) is 0 Å².